The highest BCUT2D eigenvalue weighted by atomic mass is 16.3. The molecule has 5 heteroatoms. The molecule has 0 radical (unpaired) electrons. The van der Waals surface area contributed by atoms with Gasteiger partial charge < -0.3 is 15.7 Å². The first-order valence-electron chi connectivity index (χ1n) is 7.51. The first kappa shape index (κ1) is 16.7. The molecule has 2 amide bonds. The average molecular weight is 312 g/mol. The van der Waals surface area contributed by atoms with Crippen LogP contribution in [0, 0.1) is 0 Å². The fraction of sp³-hybridized carbons (Fsp3) is 0.222. The number of amides is 2. The number of carbonyl (C=O) groups excluding carboxylic acids is 2. The van der Waals surface area contributed by atoms with Crippen LogP contribution in [0.5, 0.6) is 0 Å². The van der Waals surface area contributed by atoms with Crippen LogP contribution in [0.1, 0.15) is 35.4 Å². The summed E-state index contributed by atoms with van der Waals surface area (Å²) in [7, 11) is 0. The third-order valence-electron chi connectivity index (χ3n) is 3.33. The van der Waals surface area contributed by atoms with Crippen LogP contribution >= 0.6 is 0 Å². The lowest BCUT2D eigenvalue weighted by molar-refractivity contribution is -0.118. The maximum atomic E-state index is 12.0. The number of carbonyl (C=O) groups is 2. The van der Waals surface area contributed by atoms with Crippen molar-refractivity contribution in [2.24, 2.45) is 0 Å². The number of aliphatic hydroxyl groups is 1. The van der Waals surface area contributed by atoms with Gasteiger partial charge in [0.25, 0.3) is 5.91 Å². The van der Waals surface area contributed by atoms with Gasteiger partial charge in [0.1, 0.15) is 0 Å². The van der Waals surface area contributed by atoms with Crippen LogP contribution in [0.2, 0.25) is 0 Å². The van der Waals surface area contributed by atoms with Gasteiger partial charge in [-0.3, -0.25) is 9.59 Å². The van der Waals surface area contributed by atoms with Gasteiger partial charge in [0.05, 0.1) is 12.5 Å². The molecule has 0 aliphatic rings. The smallest absolute Gasteiger partial charge is 0.251 e. The molecule has 0 heterocycles. The minimum absolute atomic E-state index is 0.0257. The van der Waals surface area contributed by atoms with Crippen LogP contribution in [0.25, 0.3) is 0 Å². The number of hydrogen-bond acceptors (Lipinski definition) is 3. The molecule has 0 aliphatic carbocycles. The maximum Gasteiger partial charge on any atom is 0.251 e. The molecule has 2 aromatic rings. The summed E-state index contributed by atoms with van der Waals surface area (Å²) in [4.78, 5) is 23.6. The van der Waals surface area contributed by atoms with Crippen LogP contribution in [0.3, 0.4) is 0 Å². The summed E-state index contributed by atoms with van der Waals surface area (Å²) in [6.07, 6.45) is -0.868. The van der Waals surface area contributed by atoms with Crippen LogP contribution in [-0.4, -0.2) is 23.5 Å². The average Bonchev–Trinajstić information content (AvgIpc) is 2.56. The summed E-state index contributed by atoms with van der Waals surface area (Å²) in [5.41, 5.74) is 1.83. The van der Waals surface area contributed by atoms with Gasteiger partial charge in [-0.2, -0.15) is 0 Å². The summed E-state index contributed by atoms with van der Waals surface area (Å²) in [5.74, 6) is -0.433. The molecule has 5 nitrogen and oxygen atoms in total. The van der Waals surface area contributed by atoms with Gasteiger partial charge in [-0.25, -0.2) is 0 Å². The summed E-state index contributed by atoms with van der Waals surface area (Å²) < 4.78 is 0. The zero-order valence-electron chi connectivity index (χ0n) is 13.0. The molecule has 1 atom stereocenters. The lowest BCUT2D eigenvalue weighted by atomic mass is 10.1. The molecule has 0 saturated heterocycles. The van der Waals surface area contributed by atoms with Gasteiger partial charge in [-0.15, -0.1) is 0 Å². The van der Waals surface area contributed by atoms with E-state index >= 15 is 0 Å². The predicted molar refractivity (Wildman–Crippen MR) is 89.1 cm³/mol. The van der Waals surface area contributed by atoms with Crippen LogP contribution in [0.4, 0.5) is 5.69 Å². The lowest BCUT2D eigenvalue weighted by Crippen LogP contribution is -2.22. The van der Waals surface area contributed by atoms with Crippen LogP contribution in [0.15, 0.2) is 54.6 Å². The van der Waals surface area contributed by atoms with Crippen molar-refractivity contribution in [3.63, 3.8) is 0 Å². The monoisotopic (exact) mass is 312 g/mol. The maximum absolute atomic E-state index is 12.0. The Bertz CT molecular complexity index is 654. The summed E-state index contributed by atoms with van der Waals surface area (Å²) in [6, 6.07) is 15.7. The zero-order valence-corrected chi connectivity index (χ0v) is 13.0. The molecular weight excluding hydrogens is 292 g/mol. The number of aliphatic hydroxyl groups excluding tert-OH is 1. The van der Waals surface area contributed by atoms with Crippen LogP contribution in [-0.2, 0) is 4.79 Å². The molecule has 0 aromatic heterocycles. The molecule has 2 aromatic carbocycles. The molecule has 0 bridgehead atoms. The molecule has 120 valence electrons. The zero-order chi connectivity index (χ0) is 16.7. The fourth-order valence-electron chi connectivity index (χ4n) is 2.15. The molecule has 3 N–H and O–H groups in total. The van der Waals surface area contributed by atoms with Crippen molar-refractivity contribution in [3.8, 4) is 0 Å². The van der Waals surface area contributed by atoms with E-state index in [1.165, 1.54) is 0 Å². The fourth-order valence-corrected chi connectivity index (χ4v) is 2.15. The molecule has 0 fully saturated rings. The van der Waals surface area contributed by atoms with E-state index in [9.17, 15) is 14.7 Å². The van der Waals surface area contributed by atoms with Crippen molar-refractivity contribution in [1.29, 1.82) is 0 Å². The number of hydrogen-bond donors (Lipinski definition) is 3. The Morgan fingerprint density at radius 2 is 1.70 bits per heavy atom. The van der Waals surface area contributed by atoms with Gasteiger partial charge in [0.15, 0.2) is 0 Å². The van der Waals surface area contributed by atoms with Gasteiger partial charge in [0, 0.05) is 17.8 Å². The van der Waals surface area contributed by atoms with E-state index < -0.39 is 6.10 Å². The Kier molecular flexibility index (Phi) is 5.88. The second-order valence-corrected chi connectivity index (χ2v) is 5.12. The third-order valence-corrected chi connectivity index (χ3v) is 3.33. The van der Waals surface area contributed by atoms with Crippen molar-refractivity contribution in [1.82, 2.24) is 5.32 Å². The molecule has 0 aliphatic heterocycles. The van der Waals surface area contributed by atoms with E-state index in [-0.39, 0.29) is 18.2 Å². The van der Waals surface area contributed by atoms with Gasteiger partial charge in [-0.05, 0) is 36.8 Å². The van der Waals surface area contributed by atoms with E-state index in [2.05, 4.69) is 10.6 Å². The minimum atomic E-state index is -0.842. The molecule has 0 saturated carbocycles. The second-order valence-electron chi connectivity index (χ2n) is 5.12. The quantitative estimate of drug-likeness (QED) is 0.767. The van der Waals surface area contributed by atoms with E-state index in [1.807, 2.05) is 25.1 Å². The summed E-state index contributed by atoms with van der Waals surface area (Å²) in [5, 5.41) is 15.4. The first-order valence-corrected chi connectivity index (χ1v) is 7.51. The van der Waals surface area contributed by atoms with E-state index in [1.54, 1.807) is 36.4 Å². The van der Waals surface area contributed by atoms with Crippen molar-refractivity contribution in [2.75, 3.05) is 11.9 Å². The largest absolute Gasteiger partial charge is 0.388 e. The topological polar surface area (TPSA) is 78.4 Å². The lowest BCUT2D eigenvalue weighted by Gasteiger charge is -2.11. The van der Waals surface area contributed by atoms with Crippen LogP contribution < -0.4 is 10.6 Å². The Morgan fingerprint density at radius 3 is 2.30 bits per heavy atom. The Hall–Kier alpha value is -2.66. The van der Waals surface area contributed by atoms with Crippen molar-refractivity contribution in [3.05, 3.63) is 65.7 Å². The third kappa shape index (κ3) is 4.93. The Morgan fingerprint density at radius 1 is 1.04 bits per heavy atom. The van der Waals surface area contributed by atoms with Crippen molar-refractivity contribution in [2.45, 2.75) is 19.4 Å². The van der Waals surface area contributed by atoms with Gasteiger partial charge in [-0.1, -0.05) is 30.3 Å². The number of nitrogens with one attached hydrogen (secondary N) is 2. The highest BCUT2D eigenvalue weighted by molar-refractivity contribution is 5.95. The SMILES string of the molecule is CCNC(=O)c1ccc(NC(=O)CC(O)c2ccccc2)cc1. The standard InChI is InChI=1S/C18H20N2O3/c1-2-19-18(23)14-8-10-15(11-9-14)20-17(22)12-16(21)13-6-4-3-5-7-13/h3-11,16,21H,2,12H2,1H3,(H,19,23)(H,20,22). The Balaban J connectivity index is 1.91. The van der Waals surface area contributed by atoms with Crippen molar-refractivity contribution >= 4 is 17.5 Å². The van der Waals surface area contributed by atoms with Gasteiger partial charge in [0.2, 0.25) is 5.91 Å². The van der Waals surface area contributed by atoms with Gasteiger partial charge >= 0.3 is 0 Å². The Labute approximate surface area is 135 Å². The van der Waals surface area contributed by atoms with Crippen molar-refractivity contribution < 1.29 is 14.7 Å². The summed E-state index contributed by atoms with van der Waals surface area (Å²) >= 11 is 0. The predicted octanol–water partition coefficient (Wildman–Crippen LogP) is 2.50. The highest BCUT2D eigenvalue weighted by Crippen LogP contribution is 2.17. The molecular formula is C18H20N2O3. The summed E-state index contributed by atoms with van der Waals surface area (Å²) in [6.45, 7) is 2.42. The number of benzene rings is 2. The first-order chi connectivity index (χ1) is 11.1. The molecule has 1 unspecified atom stereocenters. The van der Waals surface area contributed by atoms with E-state index in [0.717, 1.165) is 0 Å². The molecule has 23 heavy (non-hydrogen) atoms. The normalized spacial score (nSPS) is 11.6. The van der Waals surface area contributed by atoms with E-state index in [4.69, 9.17) is 0 Å². The van der Waals surface area contributed by atoms with E-state index in [0.29, 0.717) is 23.4 Å². The second kappa shape index (κ2) is 8.10. The number of rotatable bonds is 6. The minimum Gasteiger partial charge on any atom is -0.388 e. The highest BCUT2D eigenvalue weighted by Gasteiger charge is 2.13. The number of anilines is 1. The molecule has 2 rings (SSSR count). The molecule has 0 spiro atoms.